The van der Waals surface area contributed by atoms with Crippen LogP contribution < -0.4 is 14.8 Å². The van der Waals surface area contributed by atoms with Crippen LogP contribution in [0.5, 0.6) is 11.8 Å². The van der Waals surface area contributed by atoms with E-state index in [2.05, 4.69) is 25.6 Å². The molecule has 140 valence electrons. The lowest BCUT2D eigenvalue weighted by Gasteiger charge is -2.08. The van der Waals surface area contributed by atoms with Crippen LogP contribution in [0.1, 0.15) is 16.8 Å². The van der Waals surface area contributed by atoms with Gasteiger partial charge >= 0.3 is 0 Å². The largest absolute Gasteiger partial charge is 0.481 e. The van der Waals surface area contributed by atoms with E-state index in [9.17, 15) is 4.79 Å². The first-order valence-corrected chi connectivity index (χ1v) is 8.39. The van der Waals surface area contributed by atoms with Gasteiger partial charge in [-0.05, 0) is 18.6 Å². The van der Waals surface area contributed by atoms with Crippen molar-refractivity contribution in [3.05, 3.63) is 48.3 Å². The molecule has 9 nitrogen and oxygen atoms in total. The van der Waals surface area contributed by atoms with Crippen molar-refractivity contribution in [2.75, 3.05) is 20.8 Å². The Hall–Kier alpha value is -3.49. The monoisotopic (exact) mass is 368 g/mol. The van der Waals surface area contributed by atoms with Crippen molar-refractivity contribution in [3.8, 4) is 23.1 Å². The summed E-state index contributed by atoms with van der Waals surface area (Å²) in [7, 11) is 3.06. The Morgan fingerprint density at radius 3 is 2.41 bits per heavy atom. The number of nitrogens with zero attached hydrogens (tertiary/aromatic N) is 5. The van der Waals surface area contributed by atoms with E-state index >= 15 is 0 Å². The van der Waals surface area contributed by atoms with Crippen LogP contribution in [-0.2, 0) is 6.54 Å². The lowest BCUT2D eigenvalue weighted by Crippen LogP contribution is -2.25. The van der Waals surface area contributed by atoms with Crippen molar-refractivity contribution < 1.29 is 14.3 Å². The minimum atomic E-state index is -0.135. The Bertz CT molecular complexity index is 858. The van der Waals surface area contributed by atoms with Crippen LogP contribution in [0.3, 0.4) is 0 Å². The summed E-state index contributed by atoms with van der Waals surface area (Å²) in [5.74, 6) is 1.15. The van der Waals surface area contributed by atoms with Gasteiger partial charge in [-0.1, -0.05) is 17.3 Å². The molecular formula is C18H20N6O3. The topological polar surface area (TPSA) is 104 Å². The first-order valence-electron chi connectivity index (χ1n) is 8.39. The van der Waals surface area contributed by atoms with Crippen molar-refractivity contribution in [2.45, 2.75) is 13.0 Å². The third-order valence-corrected chi connectivity index (χ3v) is 3.82. The van der Waals surface area contributed by atoms with Gasteiger partial charge in [0.05, 0.1) is 26.5 Å². The number of nitrogens with one attached hydrogen (secondary N) is 1. The van der Waals surface area contributed by atoms with E-state index < -0.39 is 0 Å². The van der Waals surface area contributed by atoms with Crippen LogP contribution in [0.15, 0.2) is 42.7 Å². The molecule has 0 fully saturated rings. The number of methoxy groups -OCH3 is 2. The van der Waals surface area contributed by atoms with Gasteiger partial charge < -0.3 is 14.8 Å². The molecule has 0 atom stereocenters. The van der Waals surface area contributed by atoms with Crippen LogP contribution >= 0.6 is 0 Å². The number of aromatic nitrogens is 5. The summed E-state index contributed by atoms with van der Waals surface area (Å²) in [6.07, 6.45) is 4.18. The molecule has 3 rings (SSSR count). The lowest BCUT2D eigenvalue weighted by molar-refractivity contribution is 0.0952. The van der Waals surface area contributed by atoms with Gasteiger partial charge in [-0.15, -0.1) is 5.10 Å². The summed E-state index contributed by atoms with van der Waals surface area (Å²) in [5.41, 5.74) is 1.32. The van der Waals surface area contributed by atoms with Crippen LogP contribution in [0.25, 0.3) is 11.4 Å². The highest BCUT2D eigenvalue weighted by molar-refractivity contribution is 5.94. The Labute approximate surface area is 156 Å². The van der Waals surface area contributed by atoms with E-state index in [-0.39, 0.29) is 5.91 Å². The van der Waals surface area contributed by atoms with Crippen LogP contribution in [0.2, 0.25) is 0 Å². The van der Waals surface area contributed by atoms with Gasteiger partial charge in [0.2, 0.25) is 11.8 Å². The van der Waals surface area contributed by atoms with Crippen molar-refractivity contribution in [1.82, 2.24) is 30.3 Å². The number of hydrogen-bond donors (Lipinski definition) is 1. The quantitative estimate of drug-likeness (QED) is 0.602. The molecule has 0 saturated carbocycles. The molecular weight excluding hydrogens is 348 g/mol. The van der Waals surface area contributed by atoms with Gasteiger partial charge in [0.15, 0.2) is 5.82 Å². The molecule has 1 aromatic carbocycles. The first-order chi connectivity index (χ1) is 13.2. The number of ether oxygens (including phenoxy) is 2. The SMILES string of the molecule is COc1cc(OC)nc(-c2ccc(C(=O)NCCCn3ccnn3)cc2)n1. The maximum absolute atomic E-state index is 12.2. The second kappa shape index (κ2) is 8.75. The second-order valence-electron chi connectivity index (χ2n) is 5.63. The minimum Gasteiger partial charge on any atom is -0.481 e. The number of rotatable bonds is 8. The van der Waals surface area contributed by atoms with Crippen molar-refractivity contribution in [2.24, 2.45) is 0 Å². The van der Waals surface area contributed by atoms with Crippen molar-refractivity contribution in [1.29, 1.82) is 0 Å². The standard InChI is InChI=1S/C18H20N6O3/c1-26-15-12-16(27-2)22-17(21-15)13-4-6-14(7-5-13)18(25)19-8-3-10-24-11-9-20-23-24/h4-7,9,11-12H,3,8,10H2,1-2H3,(H,19,25). The summed E-state index contributed by atoms with van der Waals surface area (Å²) in [5, 5.41) is 10.5. The average Bonchev–Trinajstić information content (AvgIpc) is 3.24. The van der Waals surface area contributed by atoms with E-state index in [1.54, 1.807) is 47.4 Å². The predicted molar refractivity (Wildman–Crippen MR) is 97.5 cm³/mol. The maximum Gasteiger partial charge on any atom is 0.251 e. The molecule has 0 unspecified atom stereocenters. The second-order valence-corrected chi connectivity index (χ2v) is 5.63. The van der Waals surface area contributed by atoms with Gasteiger partial charge in [-0.2, -0.15) is 9.97 Å². The molecule has 0 aliphatic carbocycles. The number of hydrogen-bond acceptors (Lipinski definition) is 7. The first kappa shape index (κ1) is 18.3. The zero-order valence-electron chi connectivity index (χ0n) is 15.1. The van der Waals surface area contributed by atoms with Crippen LogP contribution in [0, 0.1) is 0 Å². The Morgan fingerprint density at radius 2 is 1.81 bits per heavy atom. The van der Waals surface area contributed by atoms with Crippen LogP contribution in [-0.4, -0.2) is 51.6 Å². The van der Waals surface area contributed by atoms with E-state index in [0.29, 0.717) is 36.2 Å². The number of aryl methyl sites for hydroxylation is 1. The highest BCUT2D eigenvalue weighted by Gasteiger charge is 2.10. The van der Waals surface area contributed by atoms with Gasteiger partial charge in [0, 0.05) is 30.4 Å². The maximum atomic E-state index is 12.2. The van der Waals surface area contributed by atoms with Gasteiger partial charge in [-0.25, -0.2) is 0 Å². The number of benzene rings is 1. The molecule has 0 radical (unpaired) electrons. The fraction of sp³-hybridized carbons (Fsp3) is 0.278. The third-order valence-electron chi connectivity index (χ3n) is 3.82. The molecule has 0 spiro atoms. The summed E-state index contributed by atoms with van der Waals surface area (Å²) < 4.78 is 12.0. The lowest BCUT2D eigenvalue weighted by atomic mass is 10.1. The van der Waals surface area contributed by atoms with Crippen molar-refractivity contribution >= 4 is 5.91 Å². The van der Waals surface area contributed by atoms with Crippen molar-refractivity contribution in [3.63, 3.8) is 0 Å². The molecule has 1 N–H and O–H groups in total. The average molecular weight is 368 g/mol. The normalized spacial score (nSPS) is 10.4. The molecule has 0 saturated heterocycles. The molecule has 2 heterocycles. The van der Waals surface area contributed by atoms with E-state index in [1.807, 2.05) is 0 Å². The molecule has 27 heavy (non-hydrogen) atoms. The van der Waals surface area contributed by atoms with Gasteiger partial charge in [-0.3, -0.25) is 9.48 Å². The number of amides is 1. The molecule has 3 aromatic rings. The highest BCUT2D eigenvalue weighted by atomic mass is 16.5. The number of carbonyl (C=O) groups is 1. The fourth-order valence-electron chi connectivity index (χ4n) is 2.41. The molecule has 0 bridgehead atoms. The summed E-state index contributed by atoms with van der Waals surface area (Å²) in [6.45, 7) is 1.25. The molecule has 0 aliphatic rings. The zero-order valence-corrected chi connectivity index (χ0v) is 15.1. The number of carbonyl (C=O) groups excluding carboxylic acids is 1. The van der Waals surface area contributed by atoms with Gasteiger partial charge in [0.25, 0.3) is 5.91 Å². The molecule has 1 amide bonds. The van der Waals surface area contributed by atoms with Crippen LogP contribution in [0.4, 0.5) is 0 Å². The Kier molecular flexibility index (Phi) is 5.93. The summed E-state index contributed by atoms with van der Waals surface area (Å²) in [4.78, 5) is 20.8. The predicted octanol–water partition coefficient (Wildman–Crippen LogP) is 1.57. The molecule has 0 aliphatic heterocycles. The Morgan fingerprint density at radius 1 is 1.11 bits per heavy atom. The summed E-state index contributed by atoms with van der Waals surface area (Å²) in [6, 6.07) is 8.65. The van der Waals surface area contributed by atoms with E-state index in [0.717, 1.165) is 12.0 Å². The third kappa shape index (κ3) is 4.78. The smallest absolute Gasteiger partial charge is 0.251 e. The summed E-state index contributed by atoms with van der Waals surface area (Å²) >= 11 is 0. The van der Waals surface area contributed by atoms with E-state index in [4.69, 9.17) is 9.47 Å². The molecule has 9 heteroatoms. The fourth-order valence-corrected chi connectivity index (χ4v) is 2.41. The zero-order chi connectivity index (χ0) is 19.1. The Balaban J connectivity index is 1.60. The van der Waals surface area contributed by atoms with E-state index in [1.165, 1.54) is 14.2 Å². The minimum absolute atomic E-state index is 0.135. The van der Waals surface area contributed by atoms with Gasteiger partial charge in [0.1, 0.15) is 0 Å². The molecule has 2 aromatic heterocycles. The highest BCUT2D eigenvalue weighted by Crippen LogP contribution is 2.22.